The van der Waals surface area contributed by atoms with Gasteiger partial charge < -0.3 is 20.5 Å². The van der Waals surface area contributed by atoms with E-state index >= 15 is 0 Å². The molecule has 6 heteroatoms. The van der Waals surface area contributed by atoms with Crippen LogP contribution in [0.15, 0.2) is 22.7 Å². The van der Waals surface area contributed by atoms with Crippen LogP contribution in [0.2, 0.25) is 0 Å². The van der Waals surface area contributed by atoms with Crippen molar-refractivity contribution >= 4 is 27.5 Å². The maximum Gasteiger partial charge on any atom is 0.123 e. The Morgan fingerprint density at radius 2 is 2.15 bits per heavy atom. The molecule has 0 aliphatic carbocycles. The number of benzene rings is 1. The predicted octanol–water partition coefficient (Wildman–Crippen LogP) is 1.71. The van der Waals surface area contributed by atoms with Gasteiger partial charge in [0.15, 0.2) is 0 Å². The second-order valence-corrected chi connectivity index (χ2v) is 6.12. The molecule has 1 fully saturated rings. The van der Waals surface area contributed by atoms with Crippen LogP contribution in [0.4, 0.5) is 5.69 Å². The minimum atomic E-state index is -0.696. The molecule has 1 heterocycles. The number of nitrogens with two attached hydrogens (primary N) is 1. The summed E-state index contributed by atoms with van der Waals surface area (Å²) in [5, 5.41) is 18.0. The fraction of sp³-hybridized carbons (Fsp3) is 0.500. The molecule has 1 aromatic carbocycles. The van der Waals surface area contributed by atoms with Crippen molar-refractivity contribution in [3.63, 3.8) is 0 Å². The van der Waals surface area contributed by atoms with Crippen LogP contribution in [0.5, 0.6) is 0 Å². The van der Waals surface area contributed by atoms with E-state index < -0.39 is 5.60 Å². The molecule has 0 atom stereocenters. The Morgan fingerprint density at radius 1 is 1.50 bits per heavy atom. The van der Waals surface area contributed by atoms with Gasteiger partial charge in [-0.25, -0.2) is 0 Å². The van der Waals surface area contributed by atoms with E-state index in [4.69, 9.17) is 15.9 Å². The van der Waals surface area contributed by atoms with E-state index in [9.17, 15) is 5.11 Å². The molecule has 1 saturated heterocycles. The lowest BCUT2D eigenvalue weighted by molar-refractivity contribution is -0.0572. The van der Waals surface area contributed by atoms with Crippen LogP contribution in [0.25, 0.3) is 0 Å². The fourth-order valence-electron chi connectivity index (χ4n) is 2.40. The molecule has 110 valence electrons. The smallest absolute Gasteiger partial charge is 0.123 e. The molecule has 1 aromatic rings. The van der Waals surface area contributed by atoms with Crippen LogP contribution in [0.3, 0.4) is 0 Å². The number of rotatable bonds is 4. The van der Waals surface area contributed by atoms with Crippen molar-refractivity contribution in [2.24, 2.45) is 5.73 Å². The van der Waals surface area contributed by atoms with Crippen LogP contribution < -0.4 is 10.6 Å². The van der Waals surface area contributed by atoms with Crippen molar-refractivity contribution in [2.75, 3.05) is 31.7 Å². The maximum absolute atomic E-state index is 10.5. The van der Waals surface area contributed by atoms with Gasteiger partial charge in [0.1, 0.15) is 5.84 Å². The lowest BCUT2D eigenvalue weighted by Crippen LogP contribution is -2.45. The van der Waals surface area contributed by atoms with Crippen LogP contribution in [-0.2, 0) is 4.74 Å². The van der Waals surface area contributed by atoms with Gasteiger partial charge in [-0.2, -0.15) is 0 Å². The highest BCUT2D eigenvalue weighted by Crippen LogP contribution is 2.27. The third-order valence-corrected chi connectivity index (χ3v) is 4.29. The molecule has 1 aliphatic rings. The SMILES string of the molecule is CN(CC1(O)CCOCC1)c1ccc(C(=N)N)c(Br)c1. The zero-order valence-electron chi connectivity index (χ0n) is 11.5. The van der Waals surface area contributed by atoms with E-state index in [1.54, 1.807) is 0 Å². The predicted molar refractivity (Wildman–Crippen MR) is 83.4 cm³/mol. The second kappa shape index (κ2) is 6.11. The van der Waals surface area contributed by atoms with Crippen molar-refractivity contribution in [1.82, 2.24) is 0 Å². The first-order chi connectivity index (χ1) is 9.41. The van der Waals surface area contributed by atoms with Gasteiger partial charge in [-0.3, -0.25) is 5.41 Å². The van der Waals surface area contributed by atoms with Crippen LogP contribution >= 0.6 is 15.9 Å². The summed E-state index contributed by atoms with van der Waals surface area (Å²) in [7, 11) is 1.95. The number of likely N-dealkylation sites (N-methyl/N-ethyl adjacent to an activating group) is 1. The number of hydrogen-bond acceptors (Lipinski definition) is 4. The molecule has 5 nitrogen and oxygen atoms in total. The Labute approximate surface area is 127 Å². The monoisotopic (exact) mass is 341 g/mol. The van der Waals surface area contributed by atoms with Crippen molar-refractivity contribution < 1.29 is 9.84 Å². The zero-order valence-corrected chi connectivity index (χ0v) is 13.1. The first-order valence-corrected chi connectivity index (χ1v) is 7.36. The number of amidine groups is 1. The van der Waals surface area contributed by atoms with E-state index in [-0.39, 0.29) is 5.84 Å². The first-order valence-electron chi connectivity index (χ1n) is 6.56. The molecule has 2 rings (SSSR count). The van der Waals surface area contributed by atoms with Gasteiger partial charge in [0, 0.05) is 55.4 Å². The van der Waals surface area contributed by atoms with Gasteiger partial charge in [-0.05, 0) is 34.1 Å². The summed E-state index contributed by atoms with van der Waals surface area (Å²) in [5.74, 6) is 0.0362. The topological polar surface area (TPSA) is 82.6 Å². The highest BCUT2D eigenvalue weighted by Gasteiger charge is 2.31. The lowest BCUT2D eigenvalue weighted by atomic mass is 9.94. The van der Waals surface area contributed by atoms with Crippen LogP contribution in [0, 0.1) is 5.41 Å². The Hall–Kier alpha value is -1.11. The minimum absolute atomic E-state index is 0.0362. The average Bonchev–Trinajstić information content (AvgIpc) is 2.38. The van der Waals surface area contributed by atoms with E-state index in [0.29, 0.717) is 38.2 Å². The number of ether oxygens (including phenoxy) is 1. The first kappa shape index (κ1) is 15.3. The number of anilines is 1. The van der Waals surface area contributed by atoms with E-state index in [1.807, 2.05) is 30.1 Å². The Bertz CT molecular complexity index is 501. The summed E-state index contributed by atoms with van der Waals surface area (Å²) in [6.07, 6.45) is 1.31. The molecule has 0 unspecified atom stereocenters. The molecular formula is C14H20BrN3O2. The number of hydrogen-bond donors (Lipinski definition) is 3. The molecule has 0 aromatic heterocycles. The molecule has 0 bridgehead atoms. The van der Waals surface area contributed by atoms with Gasteiger partial charge >= 0.3 is 0 Å². The molecule has 0 saturated carbocycles. The van der Waals surface area contributed by atoms with Gasteiger partial charge in [-0.15, -0.1) is 0 Å². The summed E-state index contributed by atoms with van der Waals surface area (Å²) in [4.78, 5) is 2.01. The van der Waals surface area contributed by atoms with Crippen molar-refractivity contribution in [3.05, 3.63) is 28.2 Å². The van der Waals surface area contributed by atoms with Crippen molar-refractivity contribution in [1.29, 1.82) is 5.41 Å². The Kier molecular flexibility index (Phi) is 4.67. The molecule has 4 N–H and O–H groups in total. The standard InChI is InChI=1S/C14H20BrN3O2/c1-18(9-14(19)4-6-20-7-5-14)10-2-3-11(13(16)17)12(15)8-10/h2-3,8,19H,4-7,9H2,1H3,(H3,16,17). The summed E-state index contributed by atoms with van der Waals surface area (Å²) >= 11 is 3.42. The highest BCUT2D eigenvalue weighted by atomic mass is 79.9. The number of halogens is 1. The Balaban J connectivity index is 2.11. The highest BCUT2D eigenvalue weighted by molar-refractivity contribution is 9.10. The summed E-state index contributed by atoms with van der Waals surface area (Å²) in [5.41, 5.74) is 6.45. The molecule has 0 spiro atoms. The van der Waals surface area contributed by atoms with Crippen LogP contribution in [-0.4, -0.2) is 43.3 Å². The molecule has 20 heavy (non-hydrogen) atoms. The minimum Gasteiger partial charge on any atom is -0.388 e. The van der Waals surface area contributed by atoms with E-state index in [2.05, 4.69) is 15.9 Å². The van der Waals surface area contributed by atoms with Crippen molar-refractivity contribution in [2.45, 2.75) is 18.4 Å². The molecule has 1 aliphatic heterocycles. The second-order valence-electron chi connectivity index (χ2n) is 5.27. The normalized spacial score (nSPS) is 17.8. The molecular weight excluding hydrogens is 322 g/mol. The number of nitrogens with one attached hydrogen (secondary N) is 1. The average molecular weight is 342 g/mol. The maximum atomic E-state index is 10.5. The zero-order chi connectivity index (χ0) is 14.8. The number of nitrogen functional groups attached to an aromatic ring is 1. The van der Waals surface area contributed by atoms with Gasteiger partial charge in [0.05, 0.1) is 5.60 Å². The molecule has 0 amide bonds. The van der Waals surface area contributed by atoms with E-state index in [1.165, 1.54) is 0 Å². The third-order valence-electron chi connectivity index (χ3n) is 3.64. The van der Waals surface area contributed by atoms with E-state index in [0.717, 1.165) is 10.2 Å². The molecule has 0 radical (unpaired) electrons. The van der Waals surface area contributed by atoms with Crippen molar-refractivity contribution in [3.8, 4) is 0 Å². The lowest BCUT2D eigenvalue weighted by Gasteiger charge is -2.36. The van der Waals surface area contributed by atoms with Gasteiger partial charge in [-0.1, -0.05) is 0 Å². The van der Waals surface area contributed by atoms with Gasteiger partial charge in [0.25, 0.3) is 0 Å². The van der Waals surface area contributed by atoms with Crippen LogP contribution in [0.1, 0.15) is 18.4 Å². The van der Waals surface area contributed by atoms with Gasteiger partial charge in [0.2, 0.25) is 0 Å². The quantitative estimate of drug-likeness (QED) is 0.575. The third kappa shape index (κ3) is 3.50. The summed E-state index contributed by atoms with van der Waals surface area (Å²) < 4.78 is 6.08. The summed E-state index contributed by atoms with van der Waals surface area (Å²) in [6, 6.07) is 5.63. The fourth-order valence-corrected chi connectivity index (χ4v) is 2.98. The number of nitrogens with zero attached hydrogens (tertiary/aromatic N) is 1. The number of aliphatic hydroxyl groups is 1. The summed E-state index contributed by atoms with van der Waals surface area (Å²) in [6.45, 7) is 1.77. The Morgan fingerprint density at radius 3 is 2.70 bits per heavy atom. The largest absolute Gasteiger partial charge is 0.388 e.